The highest BCUT2D eigenvalue weighted by molar-refractivity contribution is 7.99. The van der Waals surface area contributed by atoms with Gasteiger partial charge >= 0.3 is 0 Å². The number of nitrogens with one attached hydrogen (secondary N) is 3. The predicted octanol–water partition coefficient (Wildman–Crippen LogP) is 5.29. The van der Waals surface area contributed by atoms with Crippen LogP contribution in [-0.2, 0) is 27.5 Å². The van der Waals surface area contributed by atoms with Gasteiger partial charge in [-0.15, -0.1) is 10.2 Å². The maximum Gasteiger partial charge on any atom is 0.272 e. The third-order valence-electron chi connectivity index (χ3n) is 14.2. The van der Waals surface area contributed by atoms with Gasteiger partial charge in [0.15, 0.2) is 11.5 Å². The van der Waals surface area contributed by atoms with E-state index in [1.807, 2.05) is 36.4 Å². The second-order valence-electron chi connectivity index (χ2n) is 19.1. The Labute approximate surface area is 400 Å². The summed E-state index contributed by atoms with van der Waals surface area (Å²) in [6.45, 7) is 3.76. The van der Waals surface area contributed by atoms with Gasteiger partial charge in [0.1, 0.15) is 16.9 Å². The van der Waals surface area contributed by atoms with Gasteiger partial charge in [0.2, 0.25) is 17.7 Å². The average molecular weight is 942 g/mol. The molecule has 1 spiro atoms. The molecule has 18 heteroatoms. The Bertz CT molecular complexity index is 2550. The van der Waals surface area contributed by atoms with Gasteiger partial charge in [-0.2, -0.15) is 0 Å². The zero-order chi connectivity index (χ0) is 47.3. The standard InChI is InChI=1S/C50H59N11O6S/c51-50(32-62)18-22-60(23-19-50)42-29-53-45(30-52-42)68-37-8-5-7-36(25-37)55-43(63)9-4-2-1-3-6-34-26-49(27-34)16-20-59(21-17-49)41-14-12-39(57-58-41)46(65)54-28-33-10-11-38-35(24-33)31-61(48(38)67)40-13-15-44(64)56-47(40)66/h5-8,10-12,14,24-25,29-30,40,62H,1-4,9,13,15-23,26-28,31-32,51H2,(H,54,65)(H,55,63)(H,56,64,66). The number of anilines is 3. The molecule has 0 bridgehead atoms. The van der Waals surface area contributed by atoms with E-state index in [1.165, 1.54) is 22.2 Å². The summed E-state index contributed by atoms with van der Waals surface area (Å²) >= 11 is 1.50. The van der Waals surface area contributed by atoms with Crippen molar-refractivity contribution in [2.45, 2.75) is 118 Å². The maximum atomic E-state index is 13.0. The van der Waals surface area contributed by atoms with Gasteiger partial charge < -0.3 is 36.2 Å². The summed E-state index contributed by atoms with van der Waals surface area (Å²) in [5.74, 6) is 0.246. The minimum atomic E-state index is -0.675. The van der Waals surface area contributed by atoms with Gasteiger partial charge in [-0.25, -0.2) is 9.97 Å². The van der Waals surface area contributed by atoms with Crippen molar-refractivity contribution >= 4 is 58.6 Å². The van der Waals surface area contributed by atoms with Gasteiger partial charge in [-0.05, 0) is 117 Å². The molecule has 6 heterocycles. The van der Waals surface area contributed by atoms with Crippen LogP contribution in [0.15, 0.2) is 88.6 Å². The van der Waals surface area contributed by atoms with Gasteiger partial charge in [-0.3, -0.25) is 29.3 Å². The van der Waals surface area contributed by atoms with E-state index in [4.69, 9.17) is 5.73 Å². The highest BCUT2D eigenvalue weighted by atomic mass is 32.2. The van der Waals surface area contributed by atoms with E-state index >= 15 is 0 Å². The predicted molar refractivity (Wildman–Crippen MR) is 257 cm³/mol. The van der Waals surface area contributed by atoms with Crippen LogP contribution < -0.4 is 31.5 Å². The number of aromatic nitrogens is 4. The van der Waals surface area contributed by atoms with Crippen LogP contribution >= 0.6 is 11.8 Å². The summed E-state index contributed by atoms with van der Waals surface area (Å²) in [7, 11) is 0. The molecule has 6 N–H and O–H groups in total. The highest BCUT2D eigenvalue weighted by Crippen LogP contribution is 2.52. The third-order valence-corrected chi connectivity index (χ3v) is 15.1. The molecule has 1 atom stereocenters. The lowest BCUT2D eigenvalue weighted by Crippen LogP contribution is -2.53. The second-order valence-corrected chi connectivity index (χ2v) is 20.1. The molecule has 1 unspecified atom stereocenters. The fourth-order valence-electron chi connectivity index (χ4n) is 10.0. The first-order valence-electron chi connectivity index (χ1n) is 23.8. The highest BCUT2D eigenvalue weighted by Gasteiger charge is 2.43. The van der Waals surface area contributed by atoms with E-state index < -0.39 is 17.5 Å². The third kappa shape index (κ3) is 11.0. The number of hydrogen-bond donors (Lipinski definition) is 5. The molecule has 4 aromatic rings. The number of piperidine rings is 3. The lowest BCUT2D eigenvalue weighted by molar-refractivity contribution is -0.137. The van der Waals surface area contributed by atoms with Gasteiger partial charge in [-0.1, -0.05) is 48.0 Å². The molecule has 4 fully saturated rings. The Morgan fingerprint density at radius 1 is 0.897 bits per heavy atom. The molecule has 0 radical (unpaired) electrons. The first-order valence-corrected chi connectivity index (χ1v) is 24.6. The Hall–Kier alpha value is -6.24. The minimum Gasteiger partial charge on any atom is -0.394 e. The van der Waals surface area contributed by atoms with Crippen molar-refractivity contribution in [2.24, 2.45) is 11.1 Å². The number of carbonyl (C=O) groups excluding carboxylic acids is 5. The van der Waals surface area contributed by atoms with Crippen molar-refractivity contribution in [2.75, 3.05) is 47.9 Å². The van der Waals surface area contributed by atoms with Crippen LogP contribution in [-0.4, -0.2) is 104 Å². The lowest BCUT2D eigenvalue weighted by atomic mass is 9.60. The molecule has 1 aliphatic carbocycles. The Balaban J connectivity index is 0.636. The van der Waals surface area contributed by atoms with Crippen LogP contribution in [0.5, 0.6) is 0 Å². The Morgan fingerprint density at radius 2 is 1.69 bits per heavy atom. The molecule has 68 heavy (non-hydrogen) atoms. The first kappa shape index (κ1) is 46.9. The molecule has 4 aliphatic heterocycles. The molecule has 2 aromatic heterocycles. The molecule has 3 saturated heterocycles. The molecule has 17 nitrogen and oxygen atoms in total. The Morgan fingerprint density at radius 3 is 2.43 bits per heavy atom. The maximum absolute atomic E-state index is 13.0. The molecule has 5 amide bonds. The monoisotopic (exact) mass is 941 g/mol. The summed E-state index contributed by atoms with van der Waals surface area (Å²) in [6, 6.07) is 16.1. The summed E-state index contributed by atoms with van der Waals surface area (Å²) in [6.07, 6.45) is 16.8. The number of aliphatic hydroxyl groups excluding tert-OH is 1. The van der Waals surface area contributed by atoms with Crippen molar-refractivity contribution in [3.63, 3.8) is 0 Å². The Kier molecular flexibility index (Phi) is 14.2. The SMILES string of the molecule is NC1(CO)CCN(c2cnc(Sc3cccc(NC(=O)CCCCCC=C4CC5(CCN(c6ccc(C(=O)NCc7ccc8c(c7)CN(C7CCC(=O)NC7=O)C8=O)nn6)CC5)C4)c3)cn2)CC1. The van der Waals surface area contributed by atoms with Crippen LogP contribution in [0.3, 0.4) is 0 Å². The van der Waals surface area contributed by atoms with E-state index in [1.54, 1.807) is 30.6 Å². The number of allylic oxidation sites excluding steroid dienone is 2. The molecule has 1 saturated carbocycles. The van der Waals surface area contributed by atoms with Crippen LogP contribution in [0.2, 0.25) is 0 Å². The molecule has 356 valence electrons. The minimum absolute atomic E-state index is 0.00935. The van der Waals surface area contributed by atoms with Gasteiger partial charge in [0.05, 0.1) is 19.0 Å². The van der Waals surface area contributed by atoms with E-state index in [2.05, 4.69) is 52.0 Å². The topological polar surface area (TPSA) is 229 Å². The van der Waals surface area contributed by atoms with Crippen molar-refractivity contribution in [1.82, 2.24) is 35.7 Å². The number of aliphatic hydroxyl groups is 1. The summed E-state index contributed by atoms with van der Waals surface area (Å²) in [4.78, 5) is 78.9. The van der Waals surface area contributed by atoms with Crippen LogP contribution in [0.25, 0.3) is 0 Å². The summed E-state index contributed by atoms with van der Waals surface area (Å²) < 4.78 is 0. The number of carbonyl (C=O) groups is 5. The fraction of sp³-hybridized carbons (Fsp3) is 0.460. The number of amides is 5. The molecular formula is C50H59N11O6S. The average Bonchev–Trinajstić information content (AvgIpc) is 3.66. The molecular weight excluding hydrogens is 883 g/mol. The van der Waals surface area contributed by atoms with Crippen LogP contribution in [0.4, 0.5) is 17.3 Å². The quantitative estimate of drug-likeness (QED) is 0.0546. The number of nitrogens with two attached hydrogens (primary N) is 1. The molecule has 9 rings (SSSR count). The van der Waals surface area contributed by atoms with Crippen molar-refractivity contribution < 1.29 is 29.1 Å². The number of fused-ring (bicyclic) bond motifs is 1. The van der Waals surface area contributed by atoms with Gasteiger partial charge in [0, 0.05) is 73.8 Å². The zero-order valence-corrected chi connectivity index (χ0v) is 39.1. The van der Waals surface area contributed by atoms with E-state index in [-0.39, 0.29) is 55.4 Å². The number of imide groups is 1. The largest absolute Gasteiger partial charge is 0.394 e. The second kappa shape index (κ2) is 20.5. The summed E-state index contributed by atoms with van der Waals surface area (Å²) in [5, 5.41) is 27.2. The number of benzene rings is 2. The number of nitrogens with zero attached hydrogens (tertiary/aromatic N) is 7. The molecule has 5 aliphatic rings. The van der Waals surface area contributed by atoms with Crippen molar-refractivity contribution in [3.05, 3.63) is 101 Å². The van der Waals surface area contributed by atoms with E-state index in [0.29, 0.717) is 36.7 Å². The zero-order valence-electron chi connectivity index (χ0n) is 38.3. The molecule has 2 aromatic carbocycles. The van der Waals surface area contributed by atoms with Gasteiger partial charge in [0.25, 0.3) is 11.8 Å². The van der Waals surface area contributed by atoms with Crippen molar-refractivity contribution in [3.8, 4) is 0 Å². The van der Waals surface area contributed by atoms with Crippen LogP contribution in [0.1, 0.15) is 115 Å². The van der Waals surface area contributed by atoms with E-state index in [0.717, 1.165) is 116 Å². The lowest BCUT2D eigenvalue weighted by Gasteiger charge is -2.49. The van der Waals surface area contributed by atoms with Crippen LogP contribution in [0, 0.1) is 5.41 Å². The van der Waals surface area contributed by atoms with E-state index in [9.17, 15) is 29.1 Å². The number of unbranched alkanes of at least 4 members (excludes halogenated alkanes) is 3. The normalized spacial score (nSPS) is 19.6. The smallest absolute Gasteiger partial charge is 0.272 e. The van der Waals surface area contributed by atoms with Crippen molar-refractivity contribution in [1.29, 1.82) is 0 Å². The fourth-order valence-corrected chi connectivity index (χ4v) is 10.8. The number of rotatable bonds is 16. The first-order chi connectivity index (χ1) is 32.9. The number of hydrogen-bond acceptors (Lipinski definition) is 14. The summed E-state index contributed by atoms with van der Waals surface area (Å²) in [5.41, 5.74) is 10.7.